The van der Waals surface area contributed by atoms with Crippen molar-refractivity contribution in [3.63, 3.8) is 0 Å². The molecule has 2 aliphatic rings. The monoisotopic (exact) mass is 141 g/mol. The summed E-state index contributed by atoms with van der Waals surface area (Å²) in [6.07, 6.45) is 6.05. The first kappa shape index (κ1) is 6.62. The summed E-state index contributed by atoms with van der Waals surface area (Å²) >= 11 is 0. The zero-order chi connectivity index (χ0) is 6.81. The lowest BCUT2D eigenvalue weighted by Gasteiger charge is -2.35. The number of fused-ring (bicyclic) bond motifs is 1. The fourth-order valence-corrected chi connectivity index (χ4v) is 2.04. The van der Waals surface area contributed by atoms with E-state index in [9.17, 15) is 0 Å². The van der Waals surface area contributed by atoms with Crippen LogP contribution in [0.1, 0.15) is 25.7 Å². The van der Waals surface area contributed by atoms with E-state index in [2.05, 4.69) is 5.32 Å². The molecule has 2 nitrogen and oxygen atoms in total. The standard InChI is InChI=1S/C8H15NO/c1-2-4-8-7(3-1)5-9-6-10-8/h7-9H,1-6H2. The average molecular weight is 141 g/mol. The van der Waals surface area contributed by atoms with Crippen molar-refractivity contribution in [2.75, 3.05) is 13.3 Å². The summed E-state index contributed by atoms with van der Waals surface area (Å²) in [5, 5.41) is 3.26. The molecule has 0 aromatic carbocycles. The second kappa shape index (κ2) is 2.89. The van der Waals surface area contributed by atoms with Crippen molar-refractivity contribution in [2.24, 2.45) is 5.92 Å². The van der Waals surface area contributed by atoms with Gasteiger partial charge < -0.3 is 4.74 Å². The third-order valence-electron chi connectivity index (χ3n) is 2.65. The lowest BCUT2D eigenvalue weighted by molar-refractivity contribution is -0.0517. The van der Waals surface area contributed by atoms with Crippen molar-refractivity contribution in [1.82, 2.24) is 5.32 Å². The highest BCUT2D eigenvalue weighted by Crippen LogP contribution is 2.27. The Balaban J connectivity index is 1.93. The third-order valence-corrected chi connectivity index (χ3v) is 2.65. The van der Waals surface area contributed by atoms with E-state index < -0.39 is 0 Å². The average Bonchev–Trinajstić information content (AvgIpc) is 2.05. The van der Waals surface area contributed by atoms with Gasteiger partial charge in [-0.25, -0.2) is 0 Å². The number of ether oxygens (including phenoxy) is 1. The Kier molecular flexibility index (Phi) is 1.91. The quantitative estimate of drug-likeness (QED) is 0.546. The molecule has 0 aromatic rings. The smallest absolute Gasteiger partial charge is 0.0969 e. The summed E-state index contributed by atoms with van der Waals surface area (Å²) in [4.78, 5) is 0. The molecule has 10 heavy (non-hydrogen) atoms. The lowest BCUT2D eigenvalue weighted by Crippen LogP contribution is -2.43. The van der Waals surface area contributed by atoms with Crippen LogP contribution in [0.2, 0.25) is 0 Å². The Morgan fingerprint density at radius 3 is 3.00 bits per heavy atom. The van der Waals surface area contributed by atoms with Gasteiger partial charge in [0.1, 0.15) is 0 Å². The molecule has 1 saturated carbocycles. The maximum Gasteiger partial charge on any atom is 0.0969 e. The van der Waals surface area contributed by atoms with E-state index in [0.29, 0.717) is 6.10 Å². The molecule has 0 bridgehead atoms. The first-order valence-corrected chi connectivity index (χ1v) is 4.29. The van der Waals surface area contributed by atoms with Crippen molar-refractivity contribution in [1.29, 1.82) is 0 Å². The zero-order valence-corrected chi connectivity index (χ0v) is 6.31. The minimum absolute atomic E-state index is 0.593. The second-order valence-electron chi connectivity index (χ2n) is 3.35. The predicted molar refractivity (Wildman–Crippen MR) is 39.7 cm³/mol. The largest absolute Gasteiger partial charge is 0.363 e. The van der Waals surface area contributed by atoms with E-state index in [1.54, 1.807) is 0 Å². The molecule has 2 unspecified atom stereocenters. The maximum absolute atomic E-state index is 5.57. The first-order chi connectivity index (χ1) is 4.97. The van der Waals surface area contributed by atoms with Gasteiger partial charge in [0.2, 0.25) is 0 Å². The predicted octanol–water partition coefficient (Wildman–Crippen LogP) is 1.12. The van der Waals surface area contributed by atoms with E-state index in [1.165, 1.54) is 32.2 Å². The Labute approximate surface area is 61.9 Å². The van der Waals surface area contributed by atoms with Gasteiger partial charge in [-0.3, -0.25) is 5.32 Å². The van der Waals surface area contributed by atoms with Gasteiger partial charge in [-0.1, -0.05) is 12.8 Å². The van der Waals surface area contributed by atoms with Crippen LogP contribution in [-0.4, -0.2) is 19.4 Å². The van der Waals surface area contributed by atoms with Crippen LogP contribution in [0.3, 0.4) is 0 Å². The Morgan fingerprint density at radius 2 is 2.10 bits per heavy atom. The zero-order valence-electron chi connectivity index (χ0n) is 6.31. The van der Waals surface area contributed by atoms with Crippen LogP contribution < -0.4 is 5.32 Å². The van der Waals surface area contributed by atoms with Crippen LogP contribution in [0.4, 0.5) is 0 Å². The molecular weight excluding hydrogens is 126 g/mol. The Morgan fingerprint density at radius 1 is 1.20 bits per heavy atom. The normalized spacial score (nSPS) is 40.8. The van der Waals surface area contributed by atoms with Crippen molar-refractivity contribution in [2.45, 2.75) is 31.8 Å². The van der Waals surface area contributed by atoms with Gasteiger partial charge in [0.05, 0.1) is 12.8 Å². The lowest BCUT2D eigenvalue weighted by atomic mass is 9.86. The van der Waals surface area contributed by atoms with Gasteiger partial charge >= 0.3 is 0 Å². The summed E-state index contributed by atoms with van der Waals surface area (Å²) in [6.45, 7) is 1.96. The van der Waals surface area contributed by atoms with Crippen LogP contribution in [-0.2, 0) is 4.74 Å². The van der Waals surface area contributed by atoms with Crippen LogP contribution in [0, 0.1) is 5.92 Å². The molecule has 2 atom stereocenters. The Hall–Kier alpha value is -0.0800. The summed E-state index contributed by atoms with van der Waals surface area (Å²) in [5.74, 6) is 0.822. The third kappa shape index (κ3) is 1.18. The molecular formula is C8H15NO. The molecule has 0 aromatic heterocycles. The topological polar surface area (TPSA) is 21.3 Å². The van der Waals surface area contributed by atoms with Crippen molar-refractivity contribution >= 4 is 0 Å². The highest BCUT2D eigenvalue weighted by Gasteiger charge is 2.27. The highest BCUT2D eigenvalue weighted by atomic mass is 16.5. The van der Waals surface area contributed by atoms with E-state index in [-0.39, 0.29) is 0 Å². The summed E-state index contributed by atoms with van der Waals surface area (Å²) in [5.41, 5.74) is 0. The molecule has 1 aliphatic heterocycles. The number of hydrogen-bond acceptors (Lipinski definition) is 2. The molecule has 2 fully saturated rings. The molecule has 0 spiro atoms. The summed E-state index contributed by atoms with van der Waals surface area (Å²) in [6, 6.07) is 0. The molecule has 2 heteroatoms. The van der Waals surface area contributed by atoms with Gasteiger partial charge in [0.25, 0.3) is 0 Å². The van der Waals surface area contributed by atoms with E-state index in [0.717, 1.165) is 12.6 Å². The van der Waals surface area contributed by atoms with Crippen LogP contribution in [0.15, 0.2) is 0 Å². The fourth-order valence-electron chi connectivity index (χ4n) is 2.04. The highest BCUT2D eigenvalue weighted by molar-refractivity contribution is 4.79. The van der Waals surface area contributed by atoms with E-state index >= 15 is 0 Å². The van der Waals surface area contributed by atoms with Crippen LogP contribution in [0.25, 0.3) is 0 Å². The number of hydrogen-bond donors (Lipinski definition) is 1. The molecule has 2 rings (SSSR count). The number of nitrogens with one attached hydrogen (secondary N) is 1. The molecule has 1 N–H and O–H groups in total. The van der Waals surface area contributed by atoms with E-state index in [4.69, 9.17) is 4.74 Å². The van der Waals surface area contributed by atoms with Gasteiger partial charge in [-0.15, -0.1) is 0 Å². The van der Waals surface area contributed by atoms with Crippen molar-refractivity contribution in [3.05, 3.63) is 0 Å². The minimum atomic E-state index is 0.593. The first-order valence-electron chi connectivity index (χ1n) is 4.29. The summed E-state index contributed by atoms with van der Waals surface area (Å²) < 4.78 is 5.57. The van der Waals surface area contributed by atoms with Gasteiger partial charge in [0, 0.05) is 6.54 Å². The summed E-state index contributed by atoms with van der Waals surface area (Å²) in [7, 11) is 0. The molecule has 1 heterocycles. The molecule has 1 aliphatic carbocycles. The van der Waals surface area contributed by atoms with Gasteiger partial charge in [0.15, 0.2) is 0 Å². The van der Waals surface area contributed by atoms with Crippen molar-refractivity contribution < 1.29 is 4.74 Å². The van der Waals surface area contributed by atoms with Crippen LogP contribution in [0.5, 0.6) is 0 Å². The SMILES string of the molecule is C1CCC2OCNCC2C1. The second-order valence-corrected chi connectivity index (χ2v) is 3.35. The maximum atomic E-state index is 5.57. The molecule has 1 saturated heterocycles. The van der Waals surface area contributed by atoms with Crippen LogP contribution >= 0.6 is 0 Å². The number of rotatable bonds is 0. The fraction of sp³-hybridized carbons (Fsp3) is 1.00. The molecule has 0 radical (unpaired) electrons. The van der Waals surface area contributed by atoms with Gasteiger partial charge in [-0.2, -0.15) is 0 Å². The van der Waals surface area contributed by atoms with Gasteiger partial charge in [-0.05, 0) is 18.8 Å². The Bertz CT molecular complexity index is 89.8. The molecule has 58 valence electrons. The molecule has 0 amide bonds. The minimum Gasteiger partial charge on any atom is -0.363 e. The van der Waals surface area contributed by atoms with Crippen molar-refractivity contribution in [3.8, 4) is 0 Å². The van der Waals surface area contributed by atoms with E-state index in [1.807, 2.05) is 0 Å².